The molecule has 2 rings (SSSR count). The van der Waals surface area contributed by atoms with Gasteiger partial charge in [0, 0.05) is 0 Å². The zero-order valence-electron chi connectivity index (χ0n) is 14.4. The summed E-state index contributed by atoms with van der Waals surface area (Å²) < 4.78 is 0. The summed E-state index contributed by atoms with van der Waals surface area (Å²) in [5.74, 6) is 0.641. The fourth-order valence-corrected chi connectivity index (χ4v) is 2.71. The minimum Gasteiger partial charge on any atom is -0.347 e. The number of nitrogens with two attached hydrogens (primary N) is 1. The van der Waals surface area contributed by atoms with E-state index in [0.717, 1.165) is 24.8 Å². The van der Waals surface area contributed by atoms with Gasteiger partial charge in [0.05, 0.1) is 19.1 Å². The first-order valence-electron chi connectivity index (χ1n) is 8.34. The highest BCUT2D eigenvalue weighted by molar-refractivity contribution is 5.86. The van der Waals surface area contributed by atoms with Crippen molar-refractivity contribution in [3.8, 4) is 0 Å². The van der Waals surface area contributed by atoms with Crippen molar-refractivity contribution < 1.29 is 9.59 Å². The molecule has 1 fully saturated rings. The standard InChI is InChI=1S/C18H27N3O2.ClH/c1-12(2)9-13-3-5-14(6-4-13)18(15-7-8-15)21-17(23)11-20-16(22)10-19;/h3-6,12,15,18H,7-11,19H2,1-2H3,(H,20,22)(H,21,23);1H. The average Bonchev–Trinajstić information content (AvgIpc) is 3.35. The van der Waals surface area contributed by atoms with Gasteiger partial charge in [0.25, 0.3) is 0 Å². The average molecular weight is 354 g/mol. The number of nitrogens with one attached hydrogen (secondary N) is 2. The number of carbonyl (C=O) groups is 2. The highest BCUT2D eigenvalue weighted by Crippen LogP contribution is 2.41. The second kappa shape index (κ2) is 9.64. The Morgan fingerprint density at radius 1 is 1.17 bits per heavy atom. The van der Waals surface area contributed by atoms with Crippen LogP contribution in [0.3, 0.4) is 0 Å². The van der Waals surface area contributed by atoms with Gasteiger partial charge in [-0.3, -0.25) is 9.59 Å². The lowest BCUT2D eigenvalue weighted by molar-refractivity contribution is -0.125. The van der Waals surface area contributed by atoms with Crippen molar-refractivity contribution in [2.24, 2.45) is 17.6 Å². The van der Waals surface area contributed by atoms with Gasteiger partial charge >= 0.3 is 0 Å². The molecule has 0 saturated heterocycles. The van der Waals surface area contributed by atoms with Crippen LogP contribution in [-0.2, 0) is 16.0 Å². The van der Waals surface area contributed by atoms with Gasteiger partial charge in [0.2, 0.25) is 11.8 Å². The van der Waals surface area contributed by atoms with Gasteiger partial charge in [-0.2, -0.15) is 0 Å². The number of carbonyl (C=O) groups excluding carboxylic acids is 2. The van der Waals surface area contributed by atoms with Crippen LogP contribution in [0.1, 0.15) is 43.9 Å². The first kappa shape index (κ1) is 20.5. The van der Waals surface area contributed by atoms with Gasteiger partial charge in [0.15, 0.2) is 0 Å². The fourth-order valence-electron chi connectivity index (χ4n) is 2.71. The highest BCUT2D eigenvalue weighted by Gasteiger charge is 2.33. The quantitative estimate of drug-likeness (QED) is 0.667. The van der Waals surface area contributed by atoms with Gasteiger partial charge in [-0.15, -0.1) is 12.4 Å². The number of hydrogen-bond acceptors (Lipinski definition) is 3. The van der Waals surface area contributed by atoms with Gasteiger partial charge in [0.1, 0.15) is 0 Å². The molecule has 0 spiro atoms. The summed E-state index contributed by atoms with van der Waals surface area (Å²) in [6.45, 7) is 4.29. The molecule has 0 aromatic heterocycles. The first-order valence-corrected chi connectivity index (χ1v) is 8.34. The smallest absolute Gasteiger partial charge is 0.239 e. The number of amides is 2. The maximum Gasteiger partial charge on any atom is 0.239 e. The van der Waals surface area contributed by atoms with E-state index in [-0.39, 0.29) is 43.4 Å². The molecule has 0 heterocycles. The van der Waals surface area contributed by atoms with E-state index in [1.54, 1.807) is 0 Å². The molecule has 2 amide bonds. The largest absolute Gasteiger partial charge is 0.347 e. The molecule has 0 aliphatic heterocycles. The molecule has 4 N–H and O–H groups in total. The first-order chi connectivity index (χ1) is 11.0. The lowest BCUT2D eigenvalue weighted by atomic mass is 9.97. The minimum atomic E-state index is -0.318. The molecule has 0 bridgehead atoms. The van der Waals surface area contributed by atoms with Gasteiger partial charge < -0.3 is 16.4 Å². The Morgan fingerprint density at radius 3 is 2.29 bits per heavy atom. The lowest BCUT2D eigenvalue weighted by Crippen LogP contribution is -2.41. The van der Waals surface area contributed by atoms with Crippen molar-refractivity contribution >= 4 is 24.2 Å². The Morgan fingerprint density at radius 2 is 1.79 bits per heavy atom. The summed E-state index contributed by atoms with van der Waals surface area (Å²) >= 11 is 0. The molecule has 1 aromatic rings. The zero-order valence-corrected chi connectivity index (χ0v) is 15.2. The van der Waals surface area contributed by atoms with E-state index in [0.29, 0.717) is 11.8 Å². The third kappa shape index (κ3) is 6.49. The van der Waals surface area contributed by atoms with Crippen molar-refractivity contribution in [1.29, 1.82) is 0 Å². The zero-order chi connectivity index (χ0) is 16.8. The summed E-state index contributed by atoms with van der Waals surface area (Å²) in [5, 5.41) is 5.54. The van der Waals surface area contributed by atoms with Crippen LogP contribution in [0.15, 0.2) is 24.3 Å². The van der Waals surface area contributed by atoms with Crippen molar-refractivity contribution in [2.45, 2.75) is 39.2 Å². The molecule has 1 aliphatic rings. The molecule has 5 nitrogen and oxygen atoms in total. The molecule has 24 heavy (non-hydrogen) atoms. The van der Waals surface area contributed by atoms with Crippen LogP contribution in [0.4, 0.5) is 0 Å². The van der Waals surface area contributed by atoms with E-state index >= 15 is 0 Å². The van der Waals surface area contributed by atoms with Crippen LogP contribution in [0.25, 0.3) is 0 Å². The molecule has 1 unspecified atom stereocenters. The molecule has 1 saturated carbocycles. The minimum absolute atomic E-state index is 0. The molecule has 1 atom stereocenters. The number of halogens is 1. The summed E-state index contributed by atoms with van der Waals surface area (Å²) in [7, 11) is 0. The Balaban J connectivity index is 0.00000288. The van der Waals surface area contributed by atoms with E-state index in [9.17, 15) is 9.59 Å². The van der Waals surface area contributed by atoms with Crippen LogP contribution in [0.5, 0.6) is 0 Å². The predicted molar refractivity (Wildman–Crippen MR) is 97.9 cm³/mol. The monoisotopic (exact) mass is 353 g/mol. The highest BCUT2D eigenvalue weighted by atomic mass is 35.5. The van der Waals surface area contributed by atoms with E-state index in [2.05, 4.69) is 48.7 Å². The summed E-state index contributed by atoms with van der Waals surface area (Å²) in [5.41, 5.74) is 7.67. The Bertz CT molecular complexity index is 542. The lowest BCUT2D eigenvalue weighted by Gasteiger charge is -2.19. The third-order valence-electron chi connectivity index (χ3n) is 4.02. The summed E-state index contributed by atoms with van der Waals surface area (Å²) in [6.07, 6.45) is 3.33. The molecular formula is C18H28ClN3O2. The van der Waals surface area contributed by atoms with Crippen molar-refractivity contribution in [1.82, 2.24) is 10.6 Å². The van der Waals surface area contributed by atoms with Gasteiger partial charge in [-0.1, -0.05) is 38.1 Å². The molecule has 6 heteroatoms. The Labute approximate surface area is 150 Å². The van der Waals surface area contributed by atoms with Gasteiger partial charge in [-0.05, 0) is 42.2 Å². The molecule has 1 aliphatic carbocycles. The predicted octanol–water partition coefficient (Wildman–Crippen LogP) is 1.95. The van der Waals surface area contributed by atoms with E-state index in [1.807, 2.05) is 0 Å². The molecule has 134 valence electrons. The molecule has 1 aromatic carbocycles. The van der Waals surface area contributed by atoms with Crippen LogP contribution >= 0.6 is 12.4 Å². The summed E-state index contributed by atoms with van der Waals surface area (Å²) in [4.78, 5) is 23.2. The van der Waals surface area contributed by atoms with Crippen molar-refractivity contribution in [3.05, 3.63) is 35.4 Å². The van der Waals surface area contributed by atoms with Crippen LogP contribution < -0.4 is 16.4 Å². The number of hydrogen-bond donors (Lipinski definition) is 3. The Kier molecular flexibility index (Phi) is 8.22. The second-order valence-corrected chi connectivity index (χ2v) is 6.70. The maximum absolute atomic E-state index is 12.0. The molecular weight excluding hydrogens is 326 g/mol. The second-order valence-electron chi connectivity index (χ2n) is 6.70. The van der Waals surface area contributed by atoms with Gasteiger partial charge in [-0.25, -0.2) is 0 Å². The number of rotatable bonds is 8. The SMILES string of the molecule is CC(C)Cc1ccc(C(NC(=O)CNC(=O)CN)C2CC2)cc1.Cl. The van der Waals surface area contributed by atoms with E-state index < -0.39 is 0 Å². The van der Waals surface area contributed by atoms with E-state index in [1.165, 1.54) is 5.56 Å². The van der Waals surface area contributed by atoms with Crippen molar-refractivity contribution in [3.63, 3.8) is 0 Å². The summed E-state index contributed by atoms with van der Waals surface area (Å²) in [6, 6.07) is 8.55. The van der Waals surface area contributed by atoms with Crippen LogP contribution in [-0.4, -0.2) is 24.9 Å². The molecule has 0 radical (unpaired) electrons. The fraction of sp³-hybridized carbons (Fsp3) is 0.556. The van der Waals surface area contributed by atoms with Crippen LogP contribution in [0.2, 0.25) is 0 Å². The number of benzene rings is 1. The maximum atomic E-state index is 12.0. The Hall–Kier alpha value is -1.59. The van der Waals surface area contributed by atoms with E-state index in [4.69, 9.17) is 5.73 Å². The normalized spacial score (nSPS) is 14.7. The van der Waals surface area contributed by atoms with Crippen LogP contribution in [0, 0.1) is 11.8 Å². The third-order valence-corrected chi connectivity index (χ3v) is 4.02. The van der Waals surface area contributed by atoms with Crippen molar-refractivity contribution in [2.75, 3.05) is 13.1 Å². The topological polar surface area (TPSA) is 84.2 Å².